The topological polar surface area (TPSA) is 77.6 Å². The lowest BCUT2D eigenvalue weighted by Gasteiger charge is -1.96. The Morgan fingerprint density at radius 2 is 1.95 bits per heavy atom. The Morgan fingerprint density at radius 3 is 2.68 bits per heavy atom. The molecule has 106 valence electrons. The van der Waals surface area contributed by atoms with E-state index in [0.29, 0.717) is 16.8 Å². The molecule has 0 aliphatic carbocycles. The van der Waals surface area contributed by atoms with E-state index in [9.17, 15) is 9.18 Å². The number of nitriles is 1. The van der Waals surface area contributed by atoms with Crippen molar-refractivity contribution in [3.05, 3.63) is 65.0 Å². The van der Waals surface area contributed by atoms with E-state index in [0.717, 1.165) is 5.56 Å². The lowest BCUT2D eigenvalue weighted by Crippen LogP contribution is -2.13. The van der Waals surface area contributed by atoms with Crippen molar-refractivity contribution < 1.29 is 9.18 Å². The minimum atomic E-state index is -0.445. The summed E-state index contributed by atoms with van der Waals surface area (Å²) in [7, 11) is 0. The fourth-order valence-electron chi connectivity index (χ4n) is 2.02. The summed E-state index contributed by atoms with van der Waals surface area (Å²) in [6.45, 7) is 0. The largest absolute Gasteiger partial charge is 0.320 e. The third kappa shape index (κ3) is 2.60. The Labute approximate surface area is 125 Å². The highest BCUT2D eigenvalue weighted by atomic mass is 19.1. The number of carbonyl (C=O) groups excluding carboxylic acids is 1. The molecule has 1 N–H and O–H groups in total. The molecule has 22 heavy (non-hydrogen) atoms. The van der Waals surface area contributed by atoms with Gasteiger partial charge in [0.2, 0.25) is 0 Å². The molecule has 0 saturated heterocycles. The van der Waals surface area contributed by atoms with Gasteiger partial charge < -0.3 is 5.32 Å². The smallest absolute Gasteiger partial charge is 0.276 e. The monoisotopic (exact) mass is 292 g/mol. The molecule has 1 heterocycles. The summed E-state index contributed by atoms with van der Waals surface area (Å²) >= 11 is 0. The van der Waals surface area contributed by atoms with Gasteiger partial charge in [0, 0.05) is 5.56 Å². The lowest BCUT2D eigenvalue weighted by molar-refractivity contribution is -0.110. The van der Waals surface area contributed by atoms with Crippen LogP contribution in [0, 0.1) is 17.1 Å². The van der Waals surface area contributed by atoms with E-state index in [4.69, 9.17) is 5.26 Å². The van der Waals surface area contributed by atoms with Crippen LogP contribution in [0.3, 0.4) is 0 Å². The number of carbonyl (C=O) groups is 1. The van der Waals surface area contributed by atoms with Crippen molar-refractivity contribution in [1.29, 1.82) is 5.26 Å². The third-order valence-corrected chi connectivity index (χ3v) is 3.10. The summed E-state index contributed by atoms with van der Waals surface area (Å²) in [5.74, 6) is -0.864. The van der Waals surface area contributed by atoms with Crippen LogP contribution in [0.5, 0.6) is 0 Å². The van der Waals surface area contributed by atoms with Crippen LogP contribution >= 0.6 is 0 Å². The summed E-state index contributed by atoms with van der Waals surface area (Å²) in [5.41, 5.74) is 2.25. The molecule has 1 amide bonds. The van der Waals surface area contributed by atoms with Crippen LogP contribution in [-0.4, -0.2) is 17.8 Å². The van der Waals surface area contributed by atoms with Gasteiger partial charge >= 0.3 is 0 Å². The first-order valence-electron chi connectivity index (χ1n) is 6.40. The van der Waals surface area contributed by atoms with Gasteiger partial charge in [0.05, 0.1) is 23.5 Å². The summed E-state index contributed by atoms with van der Waals surface area (Å²) in [5, 5.41) is 19.0. The van der Waals surface area contributed by atoms with Gasteiger partial charge in [-0.1, -0.05) is 12.1 Å². The SMILES string of the molecule is N#Cc1ccc(/C=N/N=C2\C(=O)Nc3ccc(F)cc32)cc1. The molecule has 1 aliphatic heterocycles. The first-order valence-corrected chi connectivity index (χ1v) is 6.40. The van der Waals surface area contributed by atoms with Gasteiger partial charge in [-0.15, -0.1) is 5.10 Å². The molecule has 0 radical (unpaired) electrons. The Morgan fingerprint density at radius 1 is 1.18 bits per heavy atom. The van der Waals surface area contributed by atoms with Gasteiger partial charge in [-0.3, -0.25) is 4.79 Å². The molecule has 0 unspecified atom stereocenters. The van der Waals surface area contributed by atoms with E-state index in [1.54, 1.807) is 24.3 Å². The number of nitrogens with zero attached hydrogens (tertiary/aromatic N) is 3. The molecule has 3 rings (SSSR count). The molecule has 0 spiro atoms. The molecule has 0 fully saturated rings. The van der Waals surface area contributed by atoms with E-state index < -0.39 is 11.7 Å². The summed E-state index contributed by atoms with van der Waals surface area (Å²) < 4.78 is 13.3. The van der Waals surface area contributed by atoms with Crippen molar-refractivity contribution in [2.24, 2.45) is 10.2 Å². The molecule has 5 nitrogen and oxygen atoms in total. The number of fused-ring (bicyclic) bond motifs is 1. The number of benzene rings is 2. The van der Waals surface area contributed by atoms with E-state index in [2.05, 4.69) is 15.5 Å². The number of halogens is 1. The third-order valence-electron chi connectivity index (χ3n) is 3.10. The highest BCUT2D eigenvalue weighted by Gasteiger charge is 2.26. The molecular formula is C16H9FN4O. The number of anilines is 1. The first kappa shape index (κ1) is 13.6. The Bertz CT molecular complexity index is 847. The highest BCUT2D eigenvalue weighted by Crippen LogP contribution is 2.24. The maximum absolute atomic E-state index is 13.3. The predicted molar refractivity (Wildman–Crippen MR) is 80.3 cm³/mol. The van der Waals surface area contributed by atoms with Gasteiger partial charge in [-0.05, 0) is 35.9 Å². The lowest BCUT2D eigenvalue weighted by atomic mass is 10.1. The maximum Gasteiger partial charge on any atom is 0.276 e. The van der Waals surface area contributed by atoms with Crippen molar-refractivity contribution in [1.82, 2.24) is 0 Å². The quantitative estimate of drug-likeness (QED) is 0.681. The second-order valence-corrected chi connectivity index (χ2v) is 4.57. The van der Waals surface area contributed by atoms with E-state index in [1.165, 1.54) is 24.4 Å². The standard InChI is InChI=1S/C16H9FN4O/c17-12-5-6-14-13(7-12)15(16(22)20-14)21-19-9-11-3-1-10(8-18)2-4-11/h1-7,9H,(H,20,21,22)/b19-9+. The average molecular weight is 292 g/mol. The van der Waals surface area contributed by atoms with Gasteiger partial charge in [0.15, 0.2) is 5.71 Å². The first-order chi connectivity index (χ1) is 10.7. The zero-order chi connectivity index (χ0) is 15.5. The minimum absolute atomic E-state index is 0.0689. The Hall–Kier alpha value is -3.33. The molecule has 6 heteroatoms. The summed E-state index contributed by atoms with van der Waals surface area (Å²) in [4.78, 5) is 11.8. The molecule has 2 aromatic carbocycles. The van der Waals surface area contributed by atoms with Crippen molar-refractivity contribution in [3.63, 3.8) is 0 Å². The van der Waals surface area contributed by atoms with E-state index >= 15 is 0 Å². The normalized spacial score (nSPS) is 14.9. The molecule has 1 aliphatic rings. The fourth-order valence-corrected chi connectivity index (χ4v) is 2.02. The number of hydrogen-bond acceptors (Lipinski definition) is 4. The summed E-state index contributed by atoms with van der Waals surface area (Å²) in [6.07, 6.45) is 1.46. The highest BCUT2D eigenvalue weighted by molar-refractivity contribution is 6.53. The maximum atomic E-state index is 13.3. The number of nitrogens with one attached hydrogen (secondary N) is 1. The average Bonchev–Trinajstić information content (AvgIpc) is 2.83. The molecular weight excluding hydrogens is 283 g/mol. The molecule has 0 bridgehead atoms. The van der Waals surface area contributed by atoms with Crippen LogP contribution in [0.25, 0.3) is 0 Å². The fraction of sp³-hybridized carbons (Fsp3) is 0. The van der Waals surface area contributed by atoms with Crippen LogP contribution in [-0.2, 0) is 4.79 Å². The number of amides is 1. The molecule has 2 aromatic rings. The summed E-state index contributed by atoms with van der Waals surface area (Å²) in [6, 6.07) is 12.7. The van der Waals surface area contributed by atoms with Crippen molar-refractivity contribution in [3.8, 4) is 6.07 Å². The number of rotatable bonds is 2. The van der Waals surface area contributed by atoms with Crippen LogP contribution in [0.1, 0.15) is 16.7 Å². The molecule has 0 atom stereocenters. The van der Waals surface area contributed by atoms with Gasteiger partial charge in [0.1, 0.15) is 5.82 Å². The zero-order valence-corrected chi connectivity index (χ0v) is 11.2. The Kier molecular flexibility index (Phi) is 3.46. The van der Waals surface area contributed by atoms with E-state index in [1.807, 2.05) is 6.07 Å². The minimum Gasteiger partial charge on any atom is -0.320 e. The second kappa shape index (κ2) is 5.58. The van der Waals surface area contributed by atoms with Crippen molar-refractivity contribution in [2.75, 3.05) is 5.32 Å². The number of hydrogen-bond donors (Lipinski definition) is 1. The predicted octanol–water partition coefficient (Wildman–Crippen LogP) is 2.47. The van der Waals surface area contributed by atoms with Crippen LogP contribution in [0.15, 0.2) is 52.7 Å². The van der Waals surface area contributed by atoms with Gasteiger partial charge in [-0.25, -0.2) is 4.39 Å². The van der Waals surface area contributed by atoms with Crippen LogP contribution in [0.2, 0.25) is 0 Å². The molecule has 0 saturated carbocycles. The Balaban J connectivity index is 1.86. The van der Waals surface area contributed by atoms with Gasteiger partial charge in [0.25, 0.3) is 5.91 Å². The van der Waals surface area contributed by atoms with Crippen molar-refractivity contribution in [2.45, 2.75) is 0 Å². The van der Waals surface area contributed by atoms with Crippen LogP contribution < -0.4 is 5.32 Å². The molecule has 0 aromatic heterocycles. The van der Waals surface area contributed by atoms with Crippen molar-refractivity contribution >= 4 is 23.5 Å². The van der Waals surface area contributed by atoms with E-state index in [-0.39, 0.29) is 5.71 Å². The van der Waals surface area contributed by atoms with Gasteiger partial charge in [-0.2, -0.15) is 10.4 Å². The zero-order valence-electron chi connectivity index (χ0n) is 11.2. The second-order valence-electron chi connectivity index (χ2n) is 4.57. The van der Waals surface area contributed by atoms with Crippen LogP contribution in [0.4, 0.5) is 10.1 Å².